The van der Waals surface area contributed by atoms with Gasteiger partial charge >= 0.3 is 5.97 Å². The Morgan fingerprint density at radius 1 is 1.05 bits per heavy atom. The molecule has 44 heavy (non-hydrogen) atoms. The molecule has 226 valence electrons. The van der Waals surface area contributed by atoms with E-state index in [-0.39, 0.29) is 57.9 Å². The Balaban J connectivity index is 1.35. The minimum Gasteiger partial charge on any atom is -0.466 e. The van der Waals surface area contributed by atoms with Crippen LogP contribution in [0.3, 0.4) is 0 Å². The third-order valence-corrected chi connectivity index (χ3v) is 10.4. The Labute approximate surface area is 254 Å². The average molecular weight is 614 g/mol. The van der Waals surface area contributed by atoms with E-state index in [9.17, 15) is 13.2 Å². The van der Waals surface area contributed by atoms with Crippen LogP contribution in [0.5, 0.6) is 0 Å². The van der Waals surface area contributed by atoms with Gasteiger partial charge in [-0.3, -0.25) is 4.79 Å². The Kier molecular flexibility index (Phi) is 7.11. The quantitative estimate of drug-likeness (QED) is 0.238. The molecule has 0 radical (unpaired) electrons. The van der Waals surface area contributed by atoms with Crippen LogP contribution in [0.2, 0.25) is 0 Å². The van der Waals surface area contributed by atoms with Crippen molar-refractivity contribution in [2.75, 3.05) is 11.9 Å². The van der Waals surface area contributed by atoms with Crippen molar-refractivity contribution < 1.29 is 22.4 Å². The van der Waals surface area contributed by atoms with Gasteiger partial charge in [-0.05, 0) is 75.6 Å². The van der Waals surface area contributed by atoms with E-state index in [1.54, 1.807) is 42.6 Å². The van der Waals surface area contributed by atoms with Crippen LogP contribution in [-0.4, -0.2) is 55.9 Å². The predicted octanol–water partition coefficient (Wildman–Crippen LogP) is 4.87. The summed E-state index contributed by atoms with van der Waals surface area (Å²) in [7, 11) is -4.01. The molecule has 3 saturated carbocycles. The molecule has 1 aromatic carbocycles. The number of anilines is 1. The van der Waals surface area contributed by atoms with E-state index in [1.807, 2.05) is 13.8 Å². The van der Waals surface area contributed by atoms with Gasteiger partial charge in [0.2, 0.25) is 11.8 Å². The molecular formula is C31H31N7O5S. The van der Waals surface area contributed by atoms with Crippen LogP contribution in [0.15, 0.2) is 70.7 Å². The molecule has 3 aliphatic rings. The van der Waals surface area contributed by atoms with Crippen molar-refractivity contribution in [1.82, 2.24) is 28.9 Å². The van der Waals surface area contributed by atoms with Gasteiger partial charge in [-0.2, -0.15) is 9.97 Å². The maximum atomic E-state index is 13.8. The van der Waals surface area contributed by atoms with Crippen molar-refractivity contribution in [2.24, 2.45) is 17.8 Å². The predicted molar refractivity (Wildman–Crippen MR) is 161 cm³/mol. The molecule has 2 bridgehead atoms. The lowest BCUT2D eigenvalue weighted by molar-refractivity contribution is -0.154. The van der Waals surface area contributed by atoms with Gasteiger partial charge in [-0.25, -0.2) is 27.3 Å². The number of aromatic nitrogens is 6. The zero-order chi connectivity index (χ0) is 30.4. The topological polar surface area (TPSA) is 155 Å². The van der Waals surface area contributed by atoms with Crippen LogP contribution in [0.1, 0.15) is 38.2 Å². The smallest absolute Gasteiger partial charge is 0.311 e. The molecule has 2 atom stereocenters. The van der Waals surface area contributed by atoms with Crippen molar-refractivity contribution in [3.63, 3.8) is 0 Å². The lowest BCUT2D eigenvalue weighted by Crippen LogP contribution is -2.52. The molecule has 1 N–H and O–H groups in total. The number of furan rings is 1. The third kappa shape index (κ3) is 4.90. The molecular weight excluding hydrogens is 582 g/mol. The second kappa shape index (κ2) is 11.1. The number of fused-ring (bicyclic) bond motifs is 4. The molecule has 4 aromatic heterocycles. The highest BCUT2D eigenvalue weighted by Crippen LogP contribution is 2.46. The molecule has 0 aliphatic heterocycles. The highest BCUT2D eigenvalue weighted by molar-refractivity contribution is 7.90. The molecule has 8 rings (SSSR count). The monoisotopic (exact) mass is 613 g/mol. The summed E-state index contributed by atoms with van der Waals surface area (Å²) in [5.74, 6) is 1.10. The Hall–Kier alpha value is -4.65. The van der Waals surface area contributed by atoms with E-state index in [0.717, 1.165) is 35.2 Å². The van der Waals surface area contributed by atoms with Crippen molar-refractivity contribution in [1.29, 1.82) is 0 Å². The lowest BCUT2D eigenvalue weighted by Gasteiger charge is -2.47. The first-order chi connectivity index (χ1) is 21.3. The minimum atomic E-state index is -4.01. The summed E-state index contributed by atoms with van der Waals surface area (Å²) < 4.78 is 39.8. The van der Waals surface area contributed by atoms with Crippen LogP contribution in [0.25, 0.3) is 34.0 Å². The van der Waals surface area contributed by atoms with Crippen molar-refractivity contribution in [3.05, 3.63) is 66.9 Å². The van der Waals surface area contributed by atoms with E-state index in [0.29, 0.717) is 23.3 Å². The minimum absolute atomic E-state index is 0.122. The fourth-order valence-electron chi connectivity index (χ4n) is 6.58. The van der Waals surface area contributed by atoms with Crippen LogP contribution in [0, 0.1) is 24.7 Å². The summed E-state index contributed by atoms with van der Waals surface area (Å²) in [6.07, 6.45) is 9.81. The van der Waals surface area contributed by atoms with Crippen LogP contribution in [-0.2, 0) is 19.6 Å². The number of carbonyl (C=O) groups excluding carboxylic acids is 1. The molecule has 5 aromatic rings. The number of esters is 1. The second-order valence-electron chi connectivity index (χ2n) is 11.3. The molecule has 0 saturated heterocycles. The largest absolute Gasteiger partial charge is 0.466 e. The molecule has 0 unspecified atom stereocenters. The fourth-order valence-corrected chi connectivity index (χ4v) is 7.91. The summed E-state index contributed by atoms with van der Waals surface area (Å²) >= 11 is 0. The normalized spacial score (nSPS) is 21.4. The number of aryl methyl sites for hydroxylation is 1. The summed E-state index contributed by atoms with van der Waals surface area (Å²) in [6.45, 7) is 4.02. The first-order valence-corrected chi connectivity index (χ1v) is 16.1. The van der Waals surface area contributed by atoms with Gasteiger partial charge < -0.3 is 14.5 Å². The number of benzene rings is 1. The number of carbonyl (C=O) groups is 1. The van der Waals surface area contributed by atoms with Crippen molar-refractivity contribution in [3.8, 4) is 23.0 Å². The Bertz CT molecular complexity index is 1930. The van der Waals surface area contributed by atoms with Gasteiger partial charge in [0.15, 0.2) is 17.2 Å². The SMILES string of the molecule is CCOC(=O)[C@@H]1C2CCC(CC2)[C@H]1Nc1nc(-c2ccco2)nc(-c2cn(S(=O)(=O)c3ccc(C)cc3)c3ncncc23)n1. The number of hydrogen-bond acceptors (Lipinski definition) is 11. The maximum Gasteiger partial charge on any atom is 0.311 e. The molecule has 13 heteroatoms. The number of ether oxygens (including phenoxy) is 1. The average Bonchev–Trinajstić information content (AvgIpc) is 3.71. The summed E-state index contributed by atoms with van der Waals surface area (Å²) in [4.78, 5) is 35.8. The van der Waals surface area contributed by atoms with Gasteiger partial charge in [0.05, 0.1) is 23.7 Å². The summed E-state index contributed by atoms with van der Waals surface area (Å²) in [5, 5.41) is 3.92. The Morgan fingerprint density at radius 3 is 2.52 bits per heavy atom. The number of hydrogen-bond donors (Lipinski definition) is 1. The zero-order valence-corrected chi connectivity index (χ0v) is 25.1. The van der Waals surface area contributed by atoms with E-state index >= 15 is 0 Å². The van der Waals surface area contributed by atoms with Crippen LogP contribution >= 0.6 is 0 Å². The highest BCUT2D eigenvalue weighted by atomic mass is 32.2. The third-order valence-electron chi connectivity index (χ3n) is 8.71. The van der Waals surface area contributed by atoms with Crippen LogP contribution < -0.4 is 5.32 Å². The molecule has 12 nitrogen and oxygen atoms in total. The highest BCUT2D eigenvalue weighted by Gasteiger charge is 2.48. The van der Waals surface area contributed by atoms with Gasteiger partial charge in [0.25, 0.3) is 10.0 Å². The summed E-state index contributed by atoms with van der Waals surface area (Å²) in [5.41, 5.74) is 1.54. The van der Waals surface area contributed by atoms with E-state index in [1.165, 1.54) is 18.8 Å². The van der Waals surface area contributed by atoms with Gasteiger partial charge in [-0.1, -0.05) is 17.7 Å². The first-order valence-electron chi connectivity index (χ1n) is 14.7. The second-order valence-corrected chi connectivity index (χ2v) is 13.1. The van der Waals surface area contributed by atoms with E-state index < -0.39 is 10.0 Å². The molecule has 3 fully saturated rings. The Morgan fingerprint density at radius 2 is 1.80 bits per heavy atom. The lowest BCUT2D eigenvalue weighted by atomic mass is 9.61. The zero-order valence-electron chi connectivity index (χ0n) is 24.3. The fraction of sp³-hybridized carbons (Fsp3) is 0.355. The van der Waals surface area contributed by atoms with Gasteiger partial charge in [0, 0.05) is 29.4 Å². The molecule has 0 spiro atoms. The van der Waals surface area contributed by atoms with Gasteiger partial charge in [0.1, 0.15) is 6.33 Å². The molecule has 3 aliphatic carbocycles. The van der Waals surface area contributed by atoms with E-state index in [2.05, 4.69) is 25.3 Å². The molecule has 0 amide bonds. The number of rotatable bonds is 8. The van der Waals surface area contributed by atoms with Gasteiger partial charge in [-0.15, -0.1) is 0 Å². The standard InChI is InChI=1S/C31H31N7O5S/c1-3-42-30(39)25-19-8-10-20(11-9-19)26(25)34-31-36-27(35-28(37-31)24-5-4-14-43-24)23-16-38(29-22(23)15-32-17-33-29)44(40,41)21-12-6-18(2)7-13-21/h4-7,12-17,19-20,25-26H,3,8-11H2,1-2H3,(H,34,35,36,37)/t19?,20?,25-,26-/m1/s1. The maximum absolute atomic E-state index is 13.8. The summed E-state index contributed by atoms with van der Waals surface area (Å²) in [6, 6.07) is 9.88. The van der Waals surface area contributed by atoms with Crippen LogP contribution in [0.4, 0.5) is 5.95 Å². The van der Waals surface area contributed by atoms with Crippen molar-refractivity contribution >= 4 is 33.0 Å². The van der Waals surface area contributed by atoms with E-state index in [4.69, 9.17) is 14.1 Å². The first kappa shape index (κ1) is 28.1. The number of nitrogens with zero attached hydrogens (tertiary/aromatic N) is 6. The molecule has 4 heterocycles. The number of nitrogens with one attached hydrogen (secondary N) is 1. The van der Waals surface area contributed by atoms with Crippen molar-refractivity contribution in [2.45, 2.75) is 50.5 Å².